The number of carbonyl (C=O) groups is 2. The van der Waals surface area contributed by atoms with E-state index < -0.39 is 18.4 Å². The highest BCUT2D eigenvalue weighted by Crippen LogP contribution is 2.33. The lowest BCUT2D eigenvalue weighted by molar-refractivity contribution is -0.135. The molecule has 0 saturated carbocycles. The van der Waals surface area contributed by atoms with Crippen molar-refractivity contribution in [1.82, 2.24) is 10.3 Å². The molecule has 0 atom stereocenters. The van der Waals surface area contributed by atoms with Crippen LogP contribution in [0, 0.1) is 6.92 Å². The molecule has 2 aromatic carbocycles. The van der Waals surface area contributed by atoms with Gasteiger partial charge in [-0.25, -0.2) is 4.98 Å². The van der Waals surface area contributed by atoms with Gasteiger partial charge in [-0.15, -0.1) is 0 Å². The van der Waals surface area contributed by atoms with Crippen molar-refractivity contribution in [3.8, 4) is 17.2 Å². The first-order valence-corrected chi connectivity index (χ1v) is 8.02. The average molecular weight is 362 g/mol. The van der Waals surface area contributed by atoms with E-state index in [1.165, 1.54) is 0 Å². The number of hydrogen-bond acceptors (Lipinski definition) is 5. The molecule has 2 radical (unpaired) electrons. The number of amides is 1. The third-order valence-electron chi connectivity index (χ3n) is 3.85. The zero-order valence-corrected chi connectivity index (χ0v) is 14.4. The molecule has 3 N–H and O–H groups in total. The number of ether oxygens (including phenoxy) is 1. The molecule has 7 nitrogen and oxygen atoms in total. The molecule has 0 fully saturated rings. The number of benzene rings is 2. The second kappa shape index (κ2) is 7.37. The maximum Gasteiger partial charge on any atom is 0.322 e. The molecule has 27 heavy (non-hydrogen) atoms. The molecular weight excluding hydrogens is 347 g/mol. The molecule has 1 heterocycles. The summed E-state index contributed by atoms with van der Waals surface area (Å²) >= 11 is 0. The summed E-state index contributed by atoms with van der Waals surface area (Å²) in [6.45, 7) is 1.12. The van der Waals surface area contributed by atoms with Crippen LogP contribution < -0.4 is 15.5 Å². The van der Waals surface area contributed by atoms with E-state index >= 15 is 0 Å². The number of hydrogen-bond donors (Lipinski definition) is 3. The van der Waals surface area contributed by atoms with Gasteiger partial charge in [0, 0.05) is 16.5 Å². The zero-order valence-electron chi connectivity index (χ0n) is 14.4. The average Bonchev–Trinajstić information content (AvgIpc) is 2.62. The van der Waals surface area contributed by atoms with Gasteiger partial charge < -0.3 is 20.3 Å². The van der Waals surface area contributed by atoms with Crippen LogP contribution in [0.25, 0.3) is 10.8 Å². The molecule has 0 aliphatic heterocycles. The monoisotopic (exact) mass is 362 g/mol. The van der Waals surface area contributed by atoms with Gasteiger partial charge in [-0.2, -0.15) is 0 Å². The molecule has 8 heteroatoms. The van der Waals surface area contributed by atoms with Gasteiger partial charge >= 0.3 is 5.97 Å². The number of aryl methyl sites for hydroxylation is 1. The topological polar surface area (TPSA) is 109 Å². The van der Waals surface area contributed by atoms with Crippen LogP contribution in [0.5, 0.6) is 17.2 Å². The summed E-state index contributed by atoms with van der Waals surface area (Å²) in [5.74, 6) is -1.20. The number of pyridine rings is 1. The zero-order chi connectivity index (χ0) is 19.6. The Labute approximate surface area is 156 Å². The van der Waals surface area contributed by atoms with Crippen molar-refractivity contribution < 1.29 is 24.5 Å². The van der Waals surface area contributed by atoms with Crippen LogP contribution in [0.4, 0.5) is 0 Å². The number of aromatic hydroxyl groups is 1. The van der Waals surface area contributed by atoms with Crippen LogP contribution in [0.3, 0.4) is 0 Å². The highest BCUT2D eigenvalue weighted by molar-refractivity contribution is 6.32. The number of fused-ring (bicyclic) bond motifs is 1. The normalized spacial score (nSPS) is 10.6. The van der Waals surface area contributed by atoms with Crippen molar-refractivity contribution in [2.24, 2.45) is 0 Å². The highest BCUT2D eigenvalue weighted by Gasteiger charge is 2.18. The quantitative estimate of drug-likeness (QED) is 0.596. The van der Waals surface area contributed by atoms with Crippen LogP contribution in [0.2, 0.25) is 0 Å². The summed E-state index contributed by atoms with van der Waals surface area (Å²) < 4.78 is 5.77. The van der Waals surface area contributed by atoms with E-state index in [1.54, 1.807) is 49.4 Å². The Morgan fingerprint density at radius 3 is 2.59 bits per heavy atom. The summed E-state index contributed by atoms with van der Waals surface area (Å²) in [5.41, 5.74) is 0.827. The van der Waals surface area contributed by atoms with E-state index in [2.05, 4.69) is 10.3 Å². The maximum absolute atomic E-state index is 12.1. The summed E-state index contributed by atoms with van der Waals surface area (Å²) in [7, 11) is 5.74. The summed E-state index contributed by atoms with van der Waals surface area (Å²) in [6.07, 6.45) is 0. The van der Waals surface area contributed by atoms with Crippen LogP contribution in [0.15, 0.2) is 42.5 Å². The van der Waals surface area contributed by atoms with E-state index in [9.17, 15) is 14.7 Å². The molecule has 0 aliphatic carbocycles. The van der Waals surface area contributed by atoms with Crippen LogP contribution in [0.1, 0.15) is 16.2 Å². The first-order chi connectivity index (χ1) is 12.8. The highest BCUT2D eigenvalue weighted by atomic mass is 16.5. The Kier molecular flexibility index (Phi) is 4.98. The van der Waals surface area contributed by atoms with Gasteiger partial charge in [0.2, 0.25) is 0 Å². The van der Waals surface area contributed by atoms with E-state index in [0.717, 1.165) is 0 Å². The summed E-state index contributed by atoms with van der Waals surface area (Å²) in [6, 6.07) is 11.9. The first kappa shape index (κ1) is 18.3. The molecule has 0 spiro atoms. The second-order valence-electron chi connectivity index (χ2n) is 5.85. The van der Waals surface area contributed by atoms with Crippen LogP contribution in [-0.2, 0) is 4.79 Å². The van der Waals surface area contributed by atoms with Crippen LogP contribution >= 0.6 is 0 Å². The fourth-order valence-electron chi connectivity index (χ4n) is 2.61. The number of nitrogens with one attached hydrogen (secondary N) is 1. The van der Waals surface area contributed by atoms with Gasteiger partial charge in [0.1, 0.15) is 25.9 Å². The molecule has 1 aromatic heterocycles. The molecule has 0 unspecified atom stereocenters. The predicted molar refractivity (Wildman–Crippen MR) is 100 cm³/mol. The van der Waals surface area contributed by atoms with Crippen molar-refractivity contribution in [3.63, 3.8) is 0 Å². The third kappa shape index (κ3) is 4.00. The first-order valence-electron chi connectivity index (χ1n) is 8.02. The number of carboxylic acid groups (broad SMARTS) is 1. The van der Waals surface area contributed by atoms with Crippen molar-refractivity contribution in [2.75, 3.05) is 6.54 Å². The largest absolute Gasteiger partial charge is 0.505 e. The van der Waals surface area contributed by atoms with Gasteiger partial charge in [-0.3, -0.25) is 9.59 Å². The van der Waals surface area contributed by atoms with Gasteiger partial charge in [0.15, 0.2) is 11.4 Å². The summed E-state index contributed by atoms with van der Waals surface area (Å²) in [4.78, 5) is 26.8. The lowest BCUT2D eigenvalue weighted by Crippen LogP contribution is -2.30. The third-order valence-corrected chi connectivity index (χ3v) is 3.85. The smallest absolute Gasteiger partial charge is 0.322 e. The number of carbonyl (C=O) groups excluding carboxylic acids is 1. The van der Waals surface area contributed by atoms with Gasteiger partial charge in [-0.1, -0.05) is 17.6 Å². The minimum Gasteiger partial charge on any atom is -0.505 e. The Morgan fingerprint density at radius 2 is 1.89 bits per heavy atom. The van der Waals surface area contributed by atoms with Crippen molar-refractivity contribution in [1.29, 1.82) is 0 Å². The van der Waals surface area contributed by atoms with Crippen molar-refractivity contribution in [2.45, 2.75) is 6.92 Å². The fourth-order valence-corrected chi connectivity index (χ4v) is 2.61. The molecule has 0 aliphatic rings. The molecular formula is C19H15BN2O5. The van der Waals surface area contributed by atoms with Gasteiger partial charge in [0.05, 0.1) is 0 Å². The molecule has 0 saturated heterocycles. The predicted octanol–water partition coefficient (Wildman–Crippen LogP) is 1.65. The van der Waals surface area contributed by atoms with E-state index in [-0.39, 0.29) is 11.4 Å². The minimum atomic E-state index is -1.19. The Hall–Kier alpha value is -3.55. The number of carboxylic acids is 1. The molecule has 1 amide bonds. The van der Waals surface area contributed by atoms with Crippen molar-refractivity contribution in [3.05, 3.63) is 53.9 Å². The van der Waals surface area contributed by atoms with E-state index in [0.29, 0.717) is 33.4 Å². The molecule has 0 bridgehead atoms. The van der Waals surface area contributed by atoms with E-state index in [1.807, 2.05) is 0 Å². The van der Waals surface area contributed by atoms with Crippen molar-refractivity contribution >= 4 is 36.0 Å². The SMILES string of the molecule is [B]c1cccc(Oc2ccc3c(O)c(C(=O)NCC(=O)O)nc(C)c3c2)c1. The second-order valence-corrected chi connectivity index (χ2v) is 5.85. The molecule has 134 valence electrons. The molecule has 3 rings (SSSR count). The van der Waals surface area contributed by atoms with Gasteiger partial charge in [0.25, 0.3) is 5.91 Å². The van der Waals surface area contributed by atoms with E-state index in [4.69, 9.17) is 17.7 Å². The number of rotatable bonds is 5. The van der Waals surface area contributed by atoms with Crippen LogP contribution in [-0.4, -0.2) is 41.5 Å². The lowest BCUT2D eigenvalue weighted by Gasteiger charge is -2.12. The lowest BCUT2D eigenvalue weighted by atomic mass is 9.96. The standard InChI is InChI=1S/C19H15BN2O5/c1-10-15-8-13(27-12-4-2-3-11(20)7-12)5-6-14(15)18(25)17(22-10)19(26)21-9-16(23)24/h2-8,25H,9H2,1H3,(H,21,26)(H,23,24). The summed E-state index contributed by atoms with van der Waals surface area (Å²) in [5, 5.41) is 22.2. The molecule has 3 aromatic rings. The Bertz CT molecular complexity index is 1050. The maximum atomic E-state index is 12.1. The Morgan fingerprint density at radius 1 is 1.15 bits per heavy atom. The minimum absolute atomic E-state index is 0.231. The number of nitrogens with zero attached hydrogens (tertiary/aromatic N) is 1. The number of aromatic nitrogens is 1. The van der Waals surface area contributed by atoms with Gasteiger partial charge in [-0.05, 0) is 37.3 Å². The number of aliphatic carboxylic acids is 1. The fraction of sp³-hybridized carbons (Fsp3) is 0.105. The Balaban J connectivity index is 1.96.